The number of methoxy groups -OCH3 is 1. The molecule has 0 aromatic heterocycles. The van der Waals surface area contributed by atoms with E-state index >= 15 is 0 Å². The van der Waals surface area contributed by atoms with Crippen molar-refractivity contribution in [1.82, 2.24) is 20.4 Å². The molecular weight excluding hydrogens is 399 g/mol. The number of amides is 1. The zero-order chi connectivity index (χ0) is 22.0. The number of halogens is 3. The number of piperazine rings is 1. The average molecular weight is 429 g/mol. The molecule has 1 saturated heterocycles. The van der Waals surface area contributed by atoms with Crippen molar-refractivity contribution in [2.45, 2.75) is 19.6 Å². The lowest BCUT2D eigenvalue weighted by atomic mass is 10.1. The van der Waals surface area contributed by atoms with Crippen LogP contribution in [0.3, 0.4) is 0 Å². The third kappa shape index (κ3) is 7.83. The van der Waals surface area contributed by atoms with Crippen LogP contribution in [-0.4, -0.2) is 81.2 Å². The fraction of sp³-hybridized carbons (Fsp3) is 0.600. The molecule has 0 bridgehead atoms. The number of nitrogens with zero attached hydrogens (tertiary/aromatic N) is 3. The van der Waals surface area contributed by atoms with E-state index in [1.54, 1.807) is 7.11 Å². The first-order chi connectivity index (χ1) is 14.3. The van der Waals surface area contributed by atoms with Gasteiger partial charge in [0.25, 0.3) is 0 Å². The highest BCUT2D eigenvalue weighted by Crippen LogP contribution is 2.29. The van der Waals surface area contributed by atoms with Crippen molar-refractivity contribution in [3.63, 3.8) is 0 Å². The van der Waals surface area contributed by atoms with Crippen LogP contribution in [0, 0.1) is 0 Å². The third-order valence-corrected chi connectivity index (χ3v) is 4.69. The molecule has 30 heavy (non-hydrogen) atoms. The highest BCUT2D eigenvalue weighted by Gasteiger charge is 2.30. The number of rotatable bonds is 8. The lowest BCUT2D eigenvalue weighted by Crippen LogP contribution is -2.52. The summed E-state index contributed by atoms with van der Waals surface area (Å²) in [6.07, 6.45) is -4.31. The van der Waals surface area contributed by atoms with Gasteiger partial charge < -0.3 is 20.3 Å². The van der Waals surface area contributed by atoms with Gasteiger partial charge in [0.05, 0.1) is 12.2 Å². The third-order valence-electron chi connectivity index (χ3n) is 4.69. The molecule has 1 aromatic rings. The fourth-order valence-electron chi connectivity index (χ4n) is 3.10. The molecule has 1 fully saturated rings. The number of hydrogen-bond acceptors (Lipinski definition) is 4. The maximum atomic E-state index is 12.7. The van der Waals surface area contributed by atoms with E-state index in [9.17, 15) is 18.0 Å². The van der Waals surface area contributed by atoms with Gasteiger partial charge in [0.15, 0.2) is 5.96 Å². The summed E-state index contributed by atoms with van der Waals surface area (Å²) in [4.78, 5) is 20.5. The second-order valence-electron chi connectivity index (χ2n) is 6.97. The maximum Gasteiger partial charge on any atom is 0.416 e. The monoisotopic (exact) mass is 429 g/mol. The summed E-state index contributed by atoms with van der Waals surface area (Å²) in [7, 11) is 1.57. The van der Waals surface area contributed by atoms with E-state index in [-0.39, 0.29) is 12.5 Å². The highest BCUT2D eigenvalue weighted by molar-refractivity contribution is 5.85. The van der Waals surface area contributed by atoms with E-state index in [0.717, 1.165) is 43.9 Å². The minimum Gasteiger partial charge on any atom is -0.383 e. The first kappa shape index (κ1) is 23.9. The Morgan fingerprint density at radius 3 is 2.37 bits per heavy atom. The molecule has 0 spiro atoms. The van der Waals surface area contributed by atoms with Gasteiger partial charge >= 0.3 is 6.18 Å². The van der Waals surface area contributed by atoms with Crippen molar-refractivity contribution >= 4 is 11.9 Å². The first-order valence-electron chi connectivity index (χ1n) is 10.0. The Bertz CT molecular complexity index is 687. The number of carbonyl (C=O) groups is 1. The molecule has 0 aliphatic carbocycles. The van der Waals surface area contributed by atoms with Crippen LogP contribution in [-0.2, 0) is 22.3 Å². The van der Waals surface area contributed by atoms with Gasteiger partial charge in [-0.15, -0.1) is 0 Å². The molecule has 1 aromatic carbocycles. The van der Waals surface area contributed by atoms with E-state index in [1.807, 2.05) is 6.92 Å². The predicted octanol–water partition coefficient (Wildman–Crippen LogP) is 1.55. The SMILES string of the molecule is CCNC(=NCC(=O)NCCOC)N1CCN(Cc2ccc(C(F)(F)F)cc2)CC1. The summed E-state index contributed by atoms with van der Waals surface area (Å²) in [6, 6.07) is 5.31. The van der Waals surface area contributed by atoms with Crippen molar-refractivity contribution in [3.05, 3.63) is 35.4 Å². The van der Waals surface area contributed by atoms with Crippen molar-refractivity contribution < 1.29 is 22.7 Å². The Kier molecular flexibility index (Phi) is 9.38. The summed E-state index contributed by atoms with van der Waals surface area (Å²) in [5.41, 5.74) is 0.221. The zero-order valence-corrected chi connectivity index (χ0v) is 17.5. The number of hydrogen-bond donors (Lipinski definition) is 2. The Hall–Kier alpha value is -2.33. The second kappa shape index (κ2) is 11.8. The van der Waals surface area contributed by atoms with Crippen LogP contribution in [0.5, 0.6) is 0 Å². The van der Waals surface area contributed by atoms with Gasteiger partial charge in [-0.3, -0.25) is 9.69 Å². The smallest absolute Gasteiger partial charge is 0.383 e. The van der Waals surface area contributed by atoms with Gasteiger partial charge in [-0.2, -0.15) is 13.2 Å². The lowest BCUT2D eigenvalue weighted by molar-refractivity contribution is -0.137. The predicted molar refractivity (Wildman–Crippen MR) is 109 cm³/mol. The van der Waals surface area contributed by atoms with Crippen LogP contribution in [0.2, 0.25) is 0 Å². The molecule has 0 saturated carbocycles. The summed E-state index contributed by atoms with van der Waals surface area (Å²) in [5.74, 6) is 0.525. The van der Waals surface area contributed by atoms with Crippen molar-refractivity contribution in [2.24, 2.45) is 4.99 Å². The van der Waals surface area contributed by atoms with E-state index in [0.29, 0.717) is 32.2 Å². The molecule has 168 valence electrons. The standard InChI is InChI=1S/C20H30F3N5O2/c1-3-24-19(26-14-18(29)25-8-13-30-2)28-11-9-27(10-12-28)15-16-4-6-17(7-5-16)20(21,22)23/h4-7H,3,8-15H2,1-2H3,(H,24,26)(H,25,29). The van der Waals surface area contributed by atoms with Crippen LogP contribution in [0.4, 0.5) is 13.2 Å². The molecule has 10 heteroatoms. The van der Waals surface area contributed by atoms with Crippen LogP contribution in [0.1, 0.15) is 18.1 Å². The average Bonchev–Trinajstić information content (AvgIpc) is 2.72. The molecule has 1 aliphatic heterocycles. The number of guanidine groups is 1. The topological polar surface area (TPSA) is 69.2 Å². The lowest BCUT2D eigenvalue weighted by Gasteiger charge is -2.36. The largest absolute Gasteiger partial charge is 0.416 e. The number of alkyl halides is 3. The van der Waals surface area contributed by atoms with Crippen LogP contribution in [0.15, 0.2) is 29.3 Å². The number of carbonyl (C=O) groups excluding carboxylic acids is 1. The van der Waals surface area contributed by atoms with E-state index < -0.39 is 11.7 Å². The van der Waals surface area contributed by atoms with Gasteiger partial charge in [-0.1, -0.05) is 12.1 Å². The molecule has 7 nitrogen and oxygen atoms in total. The minimum atomic E-state index is -4.31. The maximum absolute atomic E-state index is 12.7. The van der Waals surface area contributed by atoms with Crippen molar-refractivity contribution in [3.8, 4) is 0 Å². The molecule has 0 atom stereocenters. The number of aliphatic imine (C=N–C) groups is 1. The molecule has 1 aliphatic rings. The molecule has 2 N–H and O–H groups in total. The van der Waals surface area contributed by atoms with Crippen molar-refractivity contribution in [2.75, 3.05) is 59.5 Å². The molecule has 0 radical (unpaired) electrons. The van der Waals surface area contributed by atoms with Crippen LogP contribution in [0.25, 0.3) is 0 Å². The van der Waals surface area contributed by atoms with Gasteiger partial charge in [0.2, 0.25) is 5.91 Å². The Balaban J connectivity index is 1.84. The van der Waals surface area contributed by atoms with Gasteiger partial charge in [0, 0.05) is 52.9 Å². The fourth-order valence-corrected chi connectivity index (χ4v) is 3.10. The molecule has 2 rings (SSSR count). The van der Waals surface area contributed by atoms with Crippen LogP contribution >= 0.6 is 0 Å². The molecule has 1 heterocycles. The quantitative estimate of drug-likeness (QED) is 0.373. The van der Waals surface area contributed by atoms with E-state index in [2.05, 4.69) is 25.4 Å². The van der Waals surface area contributed by atoms with Gasteiger partial charge in [-0.05, 0) is 24.6 Å². The summed E-state index contributed by atoms with van der Waals surface area (Å²) < 4.78 is 43.0. The van der Waals surface area contributed by atoms with E-state index in [1.165, 1.54) is 12.1 Å². The first-order valence-corrected chi connectivity index (χ1v) is 10.0. The van der Waals surface area contributed by atoms with Gasteiger partial charge in [0.1, 0.15) is 6.54 Å². The molecule has 1 amide bonds. The normalized spacial score (nSPS) is 15.9. The van der Waals surface area contributed by atoms with Gasteiger partial charge in [-0.25, -0.2) is 4.99 Å². The Labute approximate surface area is 175 Å². The second-order valence-corrected chi connectivity index (χ2v) is 6.97. The summed E-state index contributed by atoms with van der Waals surface area (Å²) in [5, 5.41) is 5.94. The molecule has 0 unspecified atom stereocenters. The van der Waals surface area contributed by atoms with Crippen LogP contribution < -0.4 is 10.6 Å². The highest BCUT2D eigenvalue weighted by atomic mass is 19.4. The minimum absolute atomic E-state index is 0.0395. The van der Waals surface area contributed by atoms with Crippen molar-refractivity contribution in [1.29, 1.82) is 0 Å². The summed E-state index contributed by atoms with van der Waals surface area (Å²) >= 11 is 0. The van der Waals surface area contributed by atoms with E-state index in [4.69, 9.17) is 4.74 Å². The Morgan fingerprint density at radius 2 is 1.80 bits per heavy atom. The summed E-state index contributed by atoms with van der Waals surface area (Å²) in [6.45, 7) is 7.15. The Morgan fingerprint density at radius 1 is 1.13 bits per heavy atom. The zero-order valence-electron chi connectivity index (χ0n) is 17.5. The number of benzene rings is 1. The number of nitrogens with one attached hydrogen (secondary N) is 2. The number of ether oxygens (including phenoxy) is 1. The molecular formula is C20H30F3N5O2.